The summed E-state index contributed by atoms with van der Waals surface area (Å²) in [6.45, 7) is 0. The standard InChI is InChI=1S/C18H12N2O4/c21-11-15(20-19-13-7-2-1-3-8-13)17(22)14-10-12-6-4-5-9-16(12)24-18(14)23/h1-11,21H/b15-11+,20-19?. The lowest BCUT2D eigenvalue weighted by molar-refractivity contribution is 0.102. The lowest BCUT2D eigenvalue weighted by atomic mass is 10.1. The Morgan fingerprint density at radius 2 is 1.75 bits per heavy atom. The first-order valence-corrected chi connectivity index (χ1v) is 7.08. The van der Waals surface area contributed by atoms with Gasteiger partial charge in [0.25, 0.3) is 0 Å². The molecule has 0 aliphatic rings. The number of allylic oxidation sites excluding steroid dienone is 1. The predicted octanol–water partition coefficient (Wildman–Crippen LogP) is 4.16. The average Bonchev–Trinajstić information content (AvgIpc) is 2.62. The van der Waals surface area contributed by atoms with Crippen LogP contribution < -0.4 is 5.63 Å². The number of aliphatic hydroxyl groups is 1. The number of fused-ring (bicyclic) bond motifs is 1. The molecule has 0 unspecified atom stereocenters. The average molecular weight is 320 g/mol. The van der Waals surface area contributed by atoms with Crippen LogP contribution in [0.5, 0.6) is 0 Å². The van der Waals surface area contributed by atoms with Gasteiger partial charge >= 0.3 is 5.63 Å². The normalized spacial score (nSPS) is 11.9. The highest BCUT2D eigenvalue weighted by atomic mass is 16.4. The van der Waals surface area contributed by atoms with Crippen molar-refractivity contribution in [1.82, 2.24) is 0 Å². The number of ketones is 1. The third-order valence-electron chi connectivity index (χ3n) is 3.27. The van der Waals surface area contributed by atoms with Crippen LogP contribution in [0.1, 0.15) is 10.4 Å². The van der Waals surface area contributed by atoms with Crippen LogP contribution in [0.4, 0.5) is 5.69 Å². The zero-order chi connectivity index (χ0) is 16.9. The molecule has 3 aromatic rings. The molecule has 1 N–H and O–H groups in total. The summed E-state index contributed by atoms with van der Waals surface area (Å²) in [6.07, 6.45) is 0.517. The van der Waals surface area contributed by atoms with Crippen molar-refractivity contribution in [3.8, 4) is 0 Å². The van der Waals surface area contributed by atoms with Gasteiger partial charge in [-0.2, -0.15) is 5.11 Å². The largest absolute Gasteiger partial charge is 0.513 e. The molecule has 0 spiro atoms. The molecular weight excluding hydrogens is 308 g/mol. The number of hydrogen-bond acceptors (Lipinski definition) is 6. The SMILES string of the molecule is O=C(/C(=C\O)N=Nc1ccccc1)c1cc2ccccc2oc1=O. The van der Waals surface area contributed by atoms with Crippen LogP contribution in [-0.4, -0.2) is 10.9 Å². The summed E-state index contributed by atoms with van der Waals surface area (Å²) in [5.41, 5.74) is -0.495. The molecule has 2 aromatic carbocycles. The number of azo groups is 1. The van der Waals surface area contributed by atoms with E-state index >= 15 is 0 Å². The number of para-hydroxylation sites is 1. The van der Waals surface area contributed by atoms with Gasteiger partial charge in [-0.25, -0.2) is 4.79 Å². The van der Waals surface area contributed by atoms with Crippen LogP contribution in [-0.2, 0) is 0 Å². The Labute approximate surface area is 136 Å². The van der Waals surface area contributed by atoms with Gasteiger partial charge in [-0.3, -0.25) is 4.79 Å². The van der Waals surface area contributed by atoms with E-state index in [9.17, 15) is 14.7 Å². The Morgan fingerprint density at radius 3 is 2.50 bits per heavy atom. The third-order valence-corrected chi connectivity index (χ3v) is 3.27. The van der Waals surface area contributed by atoms with Crippen molar-refractivity contribution in [2.75, 3.05) is 0 Å². The van der Waals surface area contributed by atoms with Crippen molar-refractivity contribution in [3.63, 3.8) is 0 Å². The minimum atomic E-state index is -0.798. The molecule has 1 aromatic heterocycles. The molecule has 0 aliphatic carbocycles. The molecule has 0 atom stereocenters. The second-order valence-electron chi connectivity index (χ2n) is 4.86. The first kappa shape index (κ1) is 15.4. The fourth-order valence-corrected chi connectivity index (χ4v) is 2.09. The van der Waals surface area contributed by atoms with Gasteiger partial charge in [0.1, 0.15) is 17.4 Å². The van der Waals surface area contributed by atoms with E-state index in [-0.39, 0.29) is 11.3 Å². The zero-order valence-corrected chi connectivity index (χ0v) is 12.4. The number of rotatable bonds is 4. The predicted molar refractivity (Wildman–Crippen MR) is 88.5 cm³/mol. The molecule has 0 saturated carbocycles. The van der Waals surface area contributed by atoms with Crippen molar-refractivity contribution >= 4 is 22.4 Å². The van der Waals surface area contributed by atoms with E-state index in [1.54, 1.807) is 48.5 Å². The number of aliphatic hydroxyl groups excluding tert-OH is 1. The minimum Gasteiger partial charge on any atom is -0.513 e. The highest BCUT2D eigenvalue weighted by molar-refractivity contribution is 6.09. The molecule has 0 amide bonds. The monoisotopic (exact) mass is 320 g/mol. The van der Waals surface area contributed by atoms with E-state index in [4.69, 9.17) is 4.42 Å². The lowest BCUT2D eigenvalue weighted by Gasteiger charge is -2.01. The number of nitrogens with zero attached hydrogens (tertiary/aromatic N) is 2. The molecule has 6 heteroatoms. The Bertz CT molecular complexity index is 1000. The van der Waals surface area contributed by atoms with Gasteiger partial charge in [0.2, 0.25) is 5.78 Å². The highest BCUT2D eigenvalue weighted by Crippen LogP contribution is 2.17. The number of hydrogen-bond donors (Lipinski definition) is 1. The van der Waals surface area contributed by atoms with Crippen molar-refractivity contribution in [3.05, 3.63) is 88.6 Å². The molecule has 3 rings (SSSR count). The van der Waals surface area contributed by atoms with Crippen molar-refractivity contribution in [1.29, 1.82) is 0 Å². The van der Waals surface area contributed by atoms with Gasteiger partial charge in [-0.15, -0.1) is 5.11 Å². The van der Waals surface area contributed by atoms with E-state index in [0.717, 1.165) is 0 Å². The Balaban J connectivity index is 1.96. The number of Topliss-reactive ketones (excluding diaryl/α,β-unsaturated/α-hetero) is 1. The second kappa shape index (κ2) is 6.70. The lowest BCUT2D eigenvalue weighted by Crippen LogP contribution is -2.15. The fraction of sp³-hybridized carbons (Fsp3) is 0. The van der Waals surface area contributed by atoms with Crippen LogP contribution in [0, 0.1) is 0 Å². The molecule has 1 heterocycles. The molecule has 24 heavy (non-hydrogen) atoms. The van der Waals surface area contributed by atoms with Gasteiger partial charge in [0, 0.05) is 5.39 Å². The summed E-state index contributed by atoms with van der Waals surface area (Å²) in [5, 5.41) is 17.4. The van der Waals surface area contributed by atoms with Gasteiger partial charge in [0.05, 0.1) is 5.69 Å². The maximum atomic E-state index is 12.4. The molecule has 0 saturated heterocycles. The van der Waals surface area contributed by atoms with Crippen LogP contribution >= 0.6 is 0 Å². The maximum Gasteiger partial charge on any atom is 0.347 e. The number of carbonyl (C=O) groups excluding carboxylic acids is 1. The first-order chi connectivity index (χ1) is 11.7. The second-order valence-corrected chi connectivity index (χ2v) is 4.86. The van der Waals surface area contributed by atoms with Crippen LogP contribution in [0.15, 0.2) is 92.1 Å². The topological polar surface area (TPSA) is 92.2 Å². The summed E-state index contributed by atoms with van der Waals surface area (Å²) in [4.78, 5) is 24.4. The highest BCUT2D eigenvalue weighted by Gasteiger charge is 2.18. The summed E-state index contributed by atoms with van der Waals surface area (Å²) in [7, 11) is 0. The van der Waals surface area contributed by atoms with Crippen molar-refractivity contribution in [2.45, 2.75) is 0 Å². The Hall–Kier alpha value is -3.54. The van der Waals surface area contributed by atoms with E-state index in [1.165, 1.54) is 6.07 Å². The smallest absolute Gasteiger partial charge is 0.347 e. The zero-order valence-electron chi connectivity index (χ0n) is 12.4. The van der Waals surface area contributed by atoms with E-state index in [1.807, 2.05) is 6.07 Å². The molecule has 0 radical (unpaired) electrons. The van der Waals surface area contributed by atoms with Crippen LogP contribution in [0.2, 0.25) is 0 Å². The Kier molecular flexibility index (Phi) is 4.29. The molecule has 0 fully saturated rings. The molecule has 0 aliphatic heterocycles. The van der Waals surface area contributed by atoms with Crippen LogP contribution in [0.3, 0.4) is 0 Å². The fourth-order valence-electron chi connectivity index (χ4n) is 2.09. The number of carbonyl (C=O) groups is 1. The summed E-state index contributed by atoms with van der Waals surface area (Å²) < 4.78 is 5.11. The van der Waals surface area contributed by atoms with Gasteiger partial charge in [0.15, 0.2) is 5.70 Å². The summed E-state index contributed by atoms with van der Waals surface area (Å²) in [5.74, 6) is -0.767. The minimum absolute atomic E-state index is 0.221. The van der Waals surface area contributed by atoms with Crippen molar-refractivity contribution in [2.24, 2.45) is 10.2 Å². The first-order valence-electron chi connectivity index (χ1n) is 7.08. The maximum absolute atomic E-state index is 12.4. The molecule has 6 nitrogen and oxygen atoms in total. The van der Waals surface area contributed by atoms with Gasteiger partial charge < -0.3 is 9.52 Å². The molecule has 0 bridgehead atoms. The van der Waals surface area contributed by atoms with Gasteiger partial charge in [-0.05, 0) is 24.3 Å². The van der Waals surface area contributed by atoms with Crippen LogP contribution in [0.25, 0.3) is 11.0 Å². The summed E-state index contributed by atoms with van der Waals surface area (Å²) >= 11 is 0. The van der Waals surface area contributed by atoms with Gasteiger partial charge in [-0.1, -0.05) is 36.4 Å². The van der Waals surface area contributed by atoms with E-state index < -0.39 is 11.4 Å². The Morgan fingerprint density at radius 1 is 1.04 bits per heavy atom. The molecular formula is C18H12N2O4. The van der Waals surface area contributed by atoms with Crippen molar-refractivity contribution < 1.29 is 14.3 Å². The molecule has 118 valence electrons. The number of benzene rings is 2. The van der Waals surface area contributed by atoms with E-state index in [2.05, 4.69) is 10.2 Å². The third kappa shape index (κ3) is 3.12. The van der Waals surface area contributed by atoms with E-state index in [0.29, 0.717) is 22.9 Å². The quantitative estimate of drug-likeness (QED) is 0.257. The summed E-state index contributed by atoms with van der Waals surface area (Å²) in [6, 6.07) is 16.9.